The van der Waals surface area contributed by atoms with E-state index >= 15 is 0 Å². The molecule has 0 atom stereocenters. The molecule has 0 aliphatic carbocycles. The molecule has 0 aromatic heterocycles. The zero-order valence-electron chi connectivity index (χ0n) is 17.0. The van der Waals surface area contributed by atoms with Gasteiger partial charge in [-0.2, -0.15) is 0 Å². The molecule has 144 valence electrons. The van der Waals surface area contributed by atoms with Gasteiger partial charge in [0.1, 0.15) is 0 Å². The molecule has 0 aliphatic rings. The van der Waals surface area contributed by atoms with Gasteiger partial charge in [-0.15, -0.1) is 0 Å². The SMILES string of the molecule is CN(c1ccccc1-c1ccccc1)c1cccc2c(-c3ccccc3)cccc12. The van der Waals surface area contributed by atoms with Crippen molar-refractivity contribution in [3.8, 4) is 22.3 Å². The predicted octanol–water partition coefficient (Wildman–Crippen LogP) is 7.94. The van der Waals surface area contributed by atoms with Crippen LogP contribution in [0.15, 0.2) is 121 Å². The van der Waals surface area contributed by atoms with Gasteiger partial charge in [0.15, 0.2) is 0 Å². The van der Waals surface area contributed by atoms with Gasteiger partial charge in [0, 0.05) is 29.4 Å². The predicted molar refractivity (Wildman–Crippen MR) is 129 cm³/mol. The summed E-state index contributed by atoms with van der Waals surface area (Å²) in [5.74, 6) is 0. The molecule has 0 unspecified atom stereocenters. The summed E-state index contributed by atoms with van der Waals surface area (Å²) < 4.78 is 0. The van der Waals surface area contributed by atoms with E-state index in [9.17, 15) is 0 Å². The van der Waals surface area contributed by atoms with Crippen molar-refractivity contribution < 1.29 is 0 Å². The minimum atomic E-state index is 1.20. The molecule has 5 aromatic rings. The Morgan fingerprint density at radius 1 is 0.400 bits per heavy atom. The van der Waals surface area contributed by atoms with Crippen molar-refractivity contribution in [1.29, 1.82) is 0 Å². The Hall–Kier alpha value is -3.84. The quantitative estimate of drug-likeness (QED) is 0.303. The van der Waals surface area contributed by atoms with Crippen LogP contribution in [0, 0.1) is 0 Å². The van der Waals surface area contributed by atoms with Gasteiger partial charge in [-0.3, -0.25) is 0 Å². The van der Waals surface area contributed by atoms with E-state index in [2.05, 4.69) is 133 Å². The highest BCUT2D eigenvalue weighted by molar-refractivity contribution is 6.04. The summed E-state index contributed by atoms with van der Waals surface area (Å²) in [7, 11) is 2.16. The van der Waals surface area contributed by atoms with Gasteiger partial charge < -0.3 is 4.90 Å². The monoisotopic (exact) mass is 385 g/mol. The van der Waals surface area contributed by atoms with Gasteiger partial charge >= 0.3 is 0 Å². The molecule has 0 spiro atoms. The van der Waals surface area contributed by atoms with E-state index in [1.54, 1.807) is 0 Å². The minimum Gasteiger partial charge on any atom is -0.344 e. The van der Waals surface area contributed by atoms with Crippen molar-refractivity contribution in [3.05, 3.63) is 121 Å². The Morgan fingerprint density at radius 2 is 0.900 bits per heavy atom. The fourth-order valence-corrected chi connectivity index (χ4v) is 4.21. The third kappa shape index (κ3) is 3.25. The summed E-state index contributed by atoms with van der Waals surface area (Å²) in [5, 5.41) is 2.52. The van der Waals surface area contributed by atoms with E-state index in [4.69, 9.17) is 0 Å². The van der Waals surface area contributed by atoms with Crippen molar-refractivity contribution in [2.75, 3.05) is 11.9 Å². The van der Waals surface area contributed by atoms with E-state index < -0.39 is 0 Å². The first-order chi connectivity index (χ1) is 14.8. The van der Waals surface area contributed by atoms with Crippen LogP contribution >= 0.6 is 0 Å². The number of rotatable bonds is 4. The number of anilines is 2. The largest absolute Gasteiger partial charge is 0.344 e. The third-order valence-corrected chi connectivity index (χ3v) is 5.70. The number of hydrogen-bond donors (Lipinski definition) is 0. The van der Waals surface area contributed by atoms with Crippen LogP contribution in [0.3, 0.4) is 0 Å². The molecule has 1 nitrogen and oxygen atoms in total. The average Bonchev–Trinajstić information content (AvgIpc) is 2.84. The Labute approximate surface area is 177 Å². The molecule has 1 heteroatoms. The molecule has 30 heavy (non-hydrogen) atoms. The smallest absolute Gasteiger partial charge is 0.0488 e. The number of fused-ring (bicyclic) bond motifs is 1. The van der Waals surface area contributed by atoms with Gasteiger partial charge in [0.2, 0.25) is 0 Å². The molecule has 0 saturated carbocycles. The Kier molecular flexibility index (Phi) is 4.78. The summed E-state index contributed by atoms with van der Waals surface area (Å²) in [5.41, 5.74) is 7.37. The first-order valence-corrected chi connectivity index (χ1v) is 10.3. The first-order valence-electron chi connectivity index (χ1n) is 10.3. The number of hydrogen-bond acceptors (Lipinski definition) is 1. The van der Waals surface area contributed by atoms with Gasteiger partial charge in [0.05, 0.1) is 0 Å². The summed E-state index contributed by atoms with van der Waals surface area (Å²) in [6.07, 6.45) is 0. The molecule has 0 radical (unpaired) electrons. The lowest BCUT2D eigenvalue weighted by atomic mass is 9.96. The highest BCUT2D eigenvalue weighted by atomic mass is 15.1. The molecule has 0 amide bonds. The van der Waals surface area contributed by atoms with Crippen molar-refractivity contribution >= 4 is 22.1 Å². The zero-order chi connectivity index (χ0) is 20.3. The highest BCUT2D eigenvalue weighted by Gasteiger charge is 2.14. The van der Waals surface area contributed by atoms with Crippen LogP contribution in [0.4, 0.5) is 11.4 Å². The molecule has 0 N–H and O–H groups in total. The van der Waals surface area contributed by atoms with Crippen LogP contribution < -0.4 is 4.90 Å². The molecule has 0 bridgehead atoms. The van der Waals surface area contributed by atoms with Crippen molar-refractivity contribution in [2.45, 2.75) is 0 Å². The summed E-state index contributed by atoms with van der Waals surface area (Å²) >= 11 is 0. The molecular formula is C29H23N. The molecule has 0 heterocycles. The lowest BCUT2D eigenvalue weighted by Gasteiger charge is -2.25. The van der Waals surface area contributed by atoms with Crippen molar-refractivity contribution in [3.63, 3.8) is 0 Å². The zero-order valence-corrected chi connectivity index (χ0v) is 17.0. The van der Waals surface area contributed by atoms with Gasteiger partial charge in [-0.25, -0.2) is 0 Å². The van der Waals surface area contributed by atoms with Crippen LogP contribution in [0.1, 0.15) is 0 Å². The van der Waals surface area contributed by atoms with E-state index in [1.165, 1.54) is 44.4 Å². The Morgan fingerprint density at radius 3 is 1.63 bits per heavy atom. The minimum absolute atomic E-state index is 1.20. The fraction of sp³-hybridized carbons (Fsp3) is 0.0345. The lowest BCUT2D eigenvalue weighted by molar-refractivity contribution is 1.22. The molecule has 0 saturated heterocycles. The Bertz CT molecular complexity index is 1290. The van der Waals surface area contributed by atoms with E-state index in [1.807, 2.05) is 0 Å². The van der Waals surface area contributed by atoms with Crippen LogP contribution in [0.5, 0.6) is 0 Å². The summed E-state index contributed by atoms with van der Waals surface area (Å²) in [6, 6.07) is 43.0. The maximum absolute atomic E-state index is 2.30. The fourth-order valence-electron chi connectivity index (χ4n) is 4.21. The first kappa shape index (κ1) is 18.2. The van der Waals surface area contributed by atoms with E-state index in [0.717, 1.165) is 0 Å². The molecule has 5 rings (SSSR count). The molecule has 0 aliphatic heterocycles. The van der Waals surface area contributed by atoms with E-state index in [0.29, 0.717) is 0 Å². The average molecular weight is 386 g/mol. The van der Waals surface area contributed by atoms with Crippen LogP contribution in [-0.4, -0.2) is 7.05 Å². The number of nitrogens with zero attached hydrogens (tertiary/aromatic N) is 1. The van der Waals surface area contributed by atoms with Crippen molar-refractivity contribution in [2.24, 2.45) is 0 Å². The van der Waals surface area contributed by atoms with E-state index in [-0.39, 0.29) is 0 Å². The second kappa shape index (κ2) is 7.88. The second-order valence-electron chi connectivity index (χ2n) is 7.49. The number of benzene rings is 5. The van der Waals surface area contributed by atoms with Crippen LogP contribution in [0.25, 0.3) is 33.0 Å². The van der Waals surface area contributed by atoms with Crippen molar-refractivity contribution in [1.82, 2.24) is 0 Å². The Balaban J connectivity index is 1.67. The third-order valence-electron chi connectivity index (χ3n) is 5.70. The molecular weight excluding hydrogens is 362 g/mol. The normalized spacial score (nSPS) is 10.8. The lowest BCUT2D eigenvalue weighted by Crippen LogP contribution is -2.11. The topological polar surface area (TPSA) is 3.24 Å². The van der Waals surface area contributed by atoms with Gasteiger partial charge in [-0.05, 0) is 34.2 Å². The van der Waals surface area contributed by atoms with Gasteiger partial charge in [-0.1, -0.05) is 109 Å². The number of para-hydroxylation sites is 1. The summed E-state index contributed by atoms with van der Waals surface area (Å²) in [4.78, 5) is 2.30. The van der Waals surface area contributed by atoms with Crippen LogP contribution in [-0.2, 0) is 0 Å². The maximum Gasteiger partial charge on any atom is 0.0488 e. The van der Waals surface area contributed by atoms with Gasteiger partial charge in [0.25, 0.3) is 0 Å². The molecule has 0 fully saturated rings. The van der Waals surface area contributed by atoms with Crippen LogP contribution in [0.2, 0.25) is 0 Å². The second-order valence-corrected chi connectivity index (χ2v) is 7.49. The maximum atomic E-state index is 2.30. The molecule has 5 aromatic carbocycles. The highest BCUT2D eigenvalue weighted by Crippen LogP contribution is 2.39. The standard InChI is InChI=1S/C29H23N/c1-30(28-20-9-8-16-25(28)23-14-6-3-7-15-23)29-21-11-18-26-24(17-10-19-27(26)29)22-12-4-2-5-13-22/h2-21H,1H3. The summed E-state index contributed by atoms with van der Waals surface area (Å²) in [6.45, 7) is 0.